The van der Waals surface area contributed by atoms with Crippen LogP contribution in [0.15, 0.2) is 0 Å². The quantitative estimate of drug-likeness (QED) is 0.703. The van der Waals surface area contributed by atoms with Crippen molar-refractivity contribution in [2.75, 3.05) is 7.11 Å². The van der Waals surface area contributed by atoms with Crippen molar-refractivity contribution in [3.63, 3.8) is 0 Å². The van der Waals surface area contributed by atoms with Gasteiger partial charge in [0.2, 0.25) is 0 Å². The Morgan fingerprint density at radius 1 is 1.31 bits per heavy atom. The van der Waals surface area contributed by atoms with Crippen molar-refractivity contribution in [3.05, 3.63) is 0 Å². The SMILES string of the molecule is CO[SiH](CC[Si](C)(C)O)O[SiH](C)C. The summed E-state index contributed by atoms with van der Waals surface area (Å²) in [4.78, 5) is 9.66. The summed E-state index contributed by atoms with van der Waals surface area (Å²) in [6.45, 7) is 8.23. The average molecular weight is 239 g/mol. The van der Waals surface area contributed by atoms with Crippen molar-refractivity contribution in [1.82, 2.24) is 0 Å². The number of hydrogen-bond donors (Lipinski definition) is 1. The Kier molecular flexibility index (Phi) is 6.35. The second kappa shape index (κ2) is 6.10. The minimum Gasteiger partial charge on any atom is -0.441 e. The molecule has 0 bridgehead atoms. The van der Waals surface area contributed by atoms with E-state index in [1.54, 1.807) is 7.11 Å². The third-order valence-electron chi connectivity index (χ3n) is 1.68. The van der Waals surface area contributed by atoms with Crippen LogP contribution in [0.2, 0.25) is 38.3 Å². The molecule has 1 N–H and O–H groups in total. The summed E-state index contributed by atoms with van der Waals surface area (Å²) in [6, 6.07) is 1.86. The molecule has 1 atom stereocenters. The van der Waals surface area contributed by atoms with Gasteiger partial charge in [-0.05, 0) is 38.3 Å². The van der Waals surface area contributed by atoms with E-state index in [-0.39, 0.29) is 0 Å². The monoisotopic (exact) mass is 238 g/mol. The largest absolute Gasteiger partial charge is 0.441 e. The summed E-state index contributed by atoms with van der Waals surface area (Å²) in [5.74, 6) is 0. The molecule has 0 radical (unpaired) electrons. The molecule has 0 fully saturated rings. The van der Waals surface area contributed by atoms with Gasteiger partial charge in [0.15, 0.2) is 17.4 Å². The van der Waals surface area contributed by atoms with E-state index in [2.05, 4.69) is 13.1 Å². The van der Waals surface area contributed by atoms with Crippen molar-refractivity contribution in [1.29, 1.82) is 0 Å². The third kappa shape index (κ3) is 8.85. The van der Waals surface area contributed by atoms with E-state index in [9.17, 15) is 4.80 Å². The van der Waals surface area contributed by atoms with E-state index < -0.39 is 26.6 Å². The molecule has 0 saturated heterocycles. The van der Waals surface area contributed by atoms with Crippen LogP contribution in [0.25, 0.3) is 0 Å². The van der Waals surface area contributed by atoms with Crippen molar-refractivity contribution in [2.45, 2.75) is 38.3 Å². The van der Waals surface area contributed by atoms with Gasteiger partial charge >= 0.3 is 9.28 Å². The summed E-state index contributed by atoms with van der Waals surface area (Å²) in [5.41, 5.74) is 0. The van der Waals surface area contributed by atoms with Gasteiger partial charge in [0.1, 0.15) is 0 Å². The minimum atomic E-state index is -1.90. The maximum Gasteiger partial charge on any atom is 0.310 e. The molecular weight excluding hydrogens is 216 g/mol. The Balaban J connectivity index is 3.72. The summed E-state index contributed by atoms with van der Waals surface area (Å²) < 4.78 is 11.1. The zero-order chi connectivity index (χ0) is 10.5. The average Bonchev–Trinajstić information content (AvgIpc) is 1.95. The lowest BCUT2D eigenvalue weighted by Gasteiger charge is -2.20. The molecule has 0 spiro atoms. The maximum atomic E-state index is 9.66. The van der Waals surface area contributed by atoms with Gasteiger partial charge in [-0.25, -0.2) is 0 Å². The number of hydrogen-bond acceptors (Lipinski definition) is 3. The zero-order valence-electron chi connectivity index (χ0n) is 9.33. The predicted molar refractivity (Wildman–Crippen MR) is 63.4 cm³/mol. The van der Waals surface area contributed by atoms with Gasteiger partial charge in [0, 0.05) is 7.11 Å². The smallest absolute Gasteiger partial charge is 0.310 e. The van der Waals surface area contributed by atoms with Gasteiger partial charge in [-0.3, -0.25) is 0 Å². The molecule has 0 aromatic carbocycles. The molecule has 0 aromatic rings. The van der Waals surface area contributed by atoms with Gasteiger partial charge in [0.05, 0.1) is 0 Å². The Hall–Kier alpha value is 0.531. The molecule has 3 nitrogen and oxygen atoms in total. The first-order chi connectivity index (χ1) is 5.85. The summed E-state index contributed by atoms with van der Waals surface area (Å²) in [6.07, 6.45) is 0. The second-order valence-electron chi connectivity index (χ2n) is 4.20. The standard InChI is InChI=1S/C7H22O3Si3/c1-9-12(10-11(2)3)6-7-13(4,5)8/h8,11-12H,6-7H2,1-5H3. The molecule has 0 aromatic heterocycles. The molecule has 0 aliphatic rings. The van der Waals surface area contributed by atoms with Crippen LogP contribution in [0.3, 0.4) is 0 Å². The van der Waals surface area contributed by atoms with Crippen molar-refractivity contribution in [2.24, 2.45) is 0 Å². The fourth-order valence-electron chi connectivity index (χ4n) is 1.02. The predicted octanol–water partition coefficient (Wildman–Crippen LogP) is 1.05. The molecule has 13 heavy (non-hydrogen) atoms. The van der Waals surface area contributed by atoms with Gasteiger partial charge in [0.25, 0.3) is 0 Å². The normalized spacial score (nSPS) is 15.0. The van der Waals surface area contributed by atoms with Crippen LogP contribution in [-0.2, 0) is 8.54 Å². The van der Waals surface area contributed by atoms with Gasteiger partial charge in [-0.1, -0.05) is 0 Å². The lowest BCUT2D eigenvalue weighted by Crippen LogP contribution is -2.32. The highest BCUT2D eigenvalue weighted by Gasteiger charge is 2.22. The van der Waals surface area contributed by atoms with E-state index >= 15 is 0 Å². The molecular formula is C7H22O3Si3. The van der Waals surface area contributed by atoms with Crippen LogP contribution in [0.4, 0.5) is 0 Å². The van der Waals surface area contributed by atoms with E-state index in [0.29, 0.717) is 0 Å². The topological polar surface area (TPSA) is 38.7 Å². The summed E-state index contributed by atoms with van der Waals surface area (Å²) >= 11 is 0. The van der Waals surface area contributed by atoms with Crippen molar-refractivity contribution >= 4 is 26.6 Å². The first-order valence-electron chi connectivity index (χ1n) is 4.76. The van der Waals surface area contributed by atoms with Crippen LogP contribution in [0.1, 0.15) is 0 Å². The number of rotatable bonds is 6. The lowest BCUT2D eigenvalue weighted by molar-refractivity contribution is 0.337. The highest BCUT2D eigenvalue weighted by Crippen LogP contribution is 2.12. The first-order valence-corrected chi connectivity index (χ1v) is 12.4. The third-order valence-corrected chi connectivity index (χ3v) is 8.45. The Morgan fingerprint density at radius 2 is 1.85 bits per heavy atom. The van der Waals surface area contributed by atoms with Crippen LogP contribution in [-0.4, -0.2) is 38.5 Å². The fourth-order valence-corrected chi connectivity index (χ4v) is 8.44. The molecule has 0 aliphatic heterocycles. The molecule has 6 heteroatoms. The molecule has 0 rings (SSSR count). The molecule has 0 aliphatic carbocycles. The van der Waals surface area contributed by atoms with Crippen molar-refractivity contribution < 1.29 is 13.3 Å². The van der Waals surface area contributed by atoms with Crippen molar-refractivity contribution in [3.8, 4) is 0 Å². The zero-order valence-corrected chi connectivity index (χ0v) is 12.6. The molecule has 0 saturated carbocycles. The molecule has 0 heterocycles. The second-order valence-corrected chi connectivity index (χ2v) is 13.4. The Morgan fingerprint density at radius 3 is 2.15 bits per heavy atom. The fraction of sp³-hybridized carbons (Fsp3) is 1.00. The van der Waals surface area contributed by atoms with E-state index in [1.165, 1.54) is 0 Å². The molecule has 80 valence electrons. The highest BCUT2D eigenvalue weighted by atomic mass is 28.4. The lowest BCUT2D eigenvalue weighted by atomic mass is 10.9. The maximum absolute atomic E-state index is 9.66. The van der Waals surface area contributed by atoms with Gasteiger partial charge < -0.3 is 13.3 Å². The molecule has 0 amide bonds. The van der Waals surface area contributed by atoms with Gasteiger partial charge in [-0.2, -0.15) is 0 Å². The Bertz CT molecular complexity index is 135. The summed E-state index contributed by atoms with van der Waals surface area (Å²) in [7, 11) is -2.57. The molecule has 1 unspecified atom stereocenters. The minimum absolute atomic E-state index is 0.902. The van der Waals surface area contributed by atoms with E-state index in [0.717, 1.165) is 12.1 Å². The van der Waals surface area contributed by atoms with Gasteiger partial charge in [-0.15, -0.1) is 0 Å². The summed E-state index contributed by atoms with van der Waals surface area (Å²) in [5, 5.41) is 0. The van der Waals surface area contributed by atoms with Crippen LogP contribution in [0, 0.1) is 0 Å². The van der Waals surface area contributed by atoms with Crippen LogP contribution >= 0.6 is 0 Å². The van der Waals surface area contributed by atoms with E-state index in [4.69, 9.17) is 8.54 Å². The van der Waals surface area contributed by atoms with Crippen LogP contribution < -0.4 is 0 Å². The van der Waals surface area contributed by atoms with E-state index in [1.807, 2.05) is 13.1 Å². The highest BCUT2D eigenvalue weighted by molar-refractivity contribution is 6.71. The van der Waals surface area contributed by atoms with Crippen LogP contribution in [0.5, 0.6) is 0 Å². The Labute approximate surface area is 85.8 Å². The first kappa shape index (κ1) is 13.5.